The molecule has 0 bridgehead atoms. The predicted molar refractivity (Wildman–Crippen MR) is 79.1 cm³/mol. The van der Waals surface area contributed by atoms with Crippen LogP contribution in [0.5, 0.6) is 0 Å². The molecule has 0 spiro atoms. The smallest absolute Gasteiger partial charge is 0.0705 e. The number of hydrogen-bond donors (Lipinski definition) is 1. The summed E-state index contributed by atoms with van der Waals surface area (Å²) < 4.78 is 0. The third-order valence-corrected chi connectivity index (χ3v) is 3.68. The van der Waals surface area contributed by atoms with Gasteiger partial charge >= 0.3 is 0 Å². The number of hydrogen-bond acceptors (Lipinski definition) is 3. The number of rotatable bonds is 6. The second-order valence-corrected chi connectivity index (χ2v) is 5.47. The van der Waals surface area contributed by atoms with E-state index in [2.05, 4.69) is 23.4 Å². The van der Waals surface area contributed by atoms with Crippen molar-refractivity contribution in [1.82, 2.24) is 4.98 Å². The number of thioether (sulfide) groups is 1. The molecule has 2 nitrogen and oxygen atoms in total. The SMILES string of the molecule is CSCCCC(O)Cc1ccc2ccccc2n1. The average Bonchev–Trinajstić information content (AvgIpc) is 2.39. The van der Waals surface area contributed by atoms with Crippen LogP contribution in [0, 0.1) is 0 Å². The molecule has 18 heavy (non-hydrogen) atoms. The number of benzene rings is 1. The highest BCUT2D eigenvalue weighted by atomic mass is 32.2. The summed E-state index contributed by atoms with van der Waals surface area (Å²) in [5.74, 6) is 1.11. The van der Waals surface area contributed by atoms with Crippen LogP contribution in [0.1, 0.15) is 18.5 Å². The lowest BCUT2D eigenvalue weighted by molar-refractivity contribution is 0.163. The largest absolute Gasteiger partial charge is 0.393 e. The Morgan fingerprint density at radius 3 is 2.89 bits per heavy atom. The molecule has 2 rings (SSSR count). The van der Waals surface area contributed by atoms with Gasteiger partial charge in [-0.05, 0) is 37.0 Å². The molecule has 0 amide bonds. The van der Waals surface area contributed by atoms with Crippen molar-refractivity contribution in [2.24, 2.45) is 0 Å². The van der Waals surface area contributed by atoms with Gasteiger partial charge in [0, 0.05) is 17.5 Å². The molecular formula is C15H19NOS. The van der Waals surface area contributed by atoms with Crippen LogP contribution in [0.15, 0.2) is 36.4 Å². The highest BCUT2D eigenvalue weighted by Gasteiger charge is 2.07. The maximum Gasteiger partial charge on any atom is 0.0705 e. The van der Waals surface area contributed by atoms with Gasteiger partial charge in [-0.25, -0.2) is 0 Å². The molecule has 1 atom stereocenters. The minimum atomic E-state index is -0.272. The Morgan fingerprint density at radius 1 is 1.22 bits per heavy atom. The van der Waals surface area contributed by atoms with Gasteiger partial charge < -0.3 is 5.11 Å². The number of para-hydroxylation sites is 1. The standard InChI is InChI=1S/C15H19NOS/c1-18-10-4-6-14(17)11-13-9-8-12-5-2-3-7-15(12)16-13/h2-3,5,7-9,14,17H,4,6,10-11H2,1H3. The minimum absolute atomic E-state index is 0.272. The van der Waals surface area contributed by atoms with E-state index in [-0.39, 0.29) is 6.10 Å². The molecule has 0 saturated carbocycles. The molecule has 0 fully saturated rings. The molecule has 0 radical (unpaired) electrons. The predicted octanol–water partition coefficient (Wildman–Crippen LogP) is 3.28. The summed E-state index contributed by atoms with van der Waals surface area (Å²) in [6.45, 7) is 0. The molecule has 1 aromatic heterocycles. The normalized spacial score (nSPS) is 12.8. The van der Waals surface area contributed by atoms with Crippen LogP contribution < -0.4 is 0 Å². The van der Waals surface area contributed by atoms with Crippen LogP contribution in [-0.4, -0.2) is 28.2 Å². The van der Waals surface area contributed by atoms with Crippen LogP contribution in [-0.2, 0) is 6.42 Å². The van der Waals surface area contributed by atoms with Crippen molar-refractivity contribution in [1.29, 1.82) is 0 Å². The van der Waals surface area contributed by atoms with Gasteiger partial charge in [-0.3, -0.25) is 4.98 Å². The summed E-state index contributed by atoms with van der Waals surface area (Å²) in [5.41, 5.74) is 1.98. The zero-order valence-electron chi connectivity index (χ0n) is 10.7. The number of nitrogens with zero attached hydrogens (tertiary/aromatic N) is 1. The van der Waals surface area contributed by atoms with Gasteiger partial charge in [-0.2, -0.15) is 11.8 Å². The van der Waals surface area contributed by atoms with Gasteiger partial charge in [-0.15, -0.1) is 0 Å². The van der Waals surface area contributed by atoms with Crippen molar-refractivity contribution in [2.75, 3.05) is 12.0 Å². The molecule has 0 saturated heterocycles. The van der Waals surface area contributed by atoms with Crippen molar-refractivity contribution >= 4 is 22.7 Å². The topological polar surface area (TPSA) is 33.1 Å². The molecule has 1 N–H and O–H groups in total. The first-order valence-corrected chi connectivity index (χ1v) is 7.70. The fraction of sp³-hybridized carbons (Fsp3) is 0.400. The minimum Gasteiger partial charge on any atom is -0.393 e. The van der Waals surface area contributed by atoms with Crippen LogP contribution in [0.25, 0.3) is 10.9 Å². The number of aliphatic hydroxyl groups is 1. The Kier molecular flexibility index (Phi) is 5.02. The van der Waals surface area contributed by atoms with E-state index < -0.39 is 0 Å². The highest BCUT2D eigenvalue weighted by Crippen LogP contribution is 2.14. The number of aromatic nitrogens is 1. The lowest BCUT2D eigenvalue weighted by Gasteiger charge is -2.10. The summed E-state index contributed by atoms with van der Waals surface area (Å²) in [5, 5.41) is 11.1. The third kappa shape index (κ3) is 3.72. The zero-order chi connectivity index (χ0) is 12.8. The van der Waals surface area contributed by atoms with Gasteiger partial charge in [0.25, 0.3) is 0 Å². The van der Waals surface area contributed by atoms with Crippen LogP contribution in [0.4, 0.5) is 0 Å². The van der Waals surface area contributed by atoms with Crippen LogP contribution in [0.2, 0.25) is 0 Å². The molecule has 1 unspecified atom stereocenters. The molecule has 2 aromatic rings. The Morgan fingerprint density at radius 2 is 2.06 bits per heavy atom. The van der Waals surface area contributed by atoms with E-state index in [1.54, 1.807) is 0 Å². The monoisotopic (exact) mass is 261 g/mol. The highest BCUT2D eigenvalue weighted by molar-refractivity contribution is 7.98. The fourth-order valence-corrected chi connectivity index (χ4v) is 2.48. The second-order valence-electron chi connectivity index (χ2n) is 4.49. The molecule has 0 aliphatic carbocycles. The molecule has 3 heteroatoms. The quantitative estimate of drug-likeness (QED) is 0.810. The number of aliphatic hydroxyl groups excluding tert-OH is 1. The fourth-order valence-electron chi connectivity index (χ4n) is 2.03. The average molecular weight is 261 g/mol. The first kappa shape index (κ1) is 13.4. The van der Waals surface area contributed by atoms with Gasteiger partial charge in [-0.1, -0.05) is 24.3 Å². The molecule has 0 aliphatic heterocycles. The van der Waals surface area contributed by atoms with E-state index in [4.69, 9.17) is 0 Å². The third-order valence-electron chi connectivity index (χ3n) is 2.99. The van der Waals surface area contributed by atoms with Gasteiger partial charge in [0.05, 0.1) is 11.6 Å². The van der Waals surface area contributed by atoms with Crippen molar-refractivity contribution in [3.05, 3.63) is 42.1 Å². The van der Waals surface area contributed by atoms with Crippen LogP contribution in [0.3, 0.4) is 0 Å². The number of fused-ring (bicyclic) bond motifs is 1. The molecule has 1 heterocycles. The summed E-state index contributed by atoms with van der Waals surface area (Å²) in [6.07, 6.45) is 4.40. The van der Waals surface area contributed by atoms with E-state index in [9.17, 15) is 5.11 Å². The van der Waals surface area contributed by atoms with Crippen LogP contribution >= 0.6 is 11.8 Å². The van der Waals surface area contributed by atoms with Crippen molar-refractivity contribution in [3.63, 3.8) is 0 Å². The lowest BCUT2D eigenvalue weighted by Crippen LogP contribution is -2.11. The maximum absolute atomic E-state index is 9.95. The summed E-state index contributed by atoms with van der Waals surface area (Å²) in [6, 6.07) is 12.2. The maximum atomic E-state index is 9.95. The first-order valence-electron chi connectivity index (χ1n) is 6.31. The Labute approximate surface area is 112 Å². The Bertz CT molecular complexity index is 501. The van der Waals surface area contributed by atoms with E-state index in [0.29, 0.717) is 6.42 Å². The Hall–Kier alpha value is -1.06. The van der Waals surface area contributed by atoms with E-state index in [1.807, 2.05) is 36.0 Å². The Balaban J connectivity index is 1.98. The van der Waals surface area contributed by atoms with Gasteiger partial charge in [0.15, 0.2) is 0 Å². The molecule has 1 aromatic carbocycles. The molecule has 96 valence electrons. The summed E-state index contributed by atoms with van der Waals surface area (Å²) >= 11 is 1.83. The number of pyridine rings is 1. The van der Waals surface area contributed by atoms with Crippen molar-refractivity contribution in [3.8, 4) is 0 Å². The molecular weight excluding hydrogens is 242 g/mol. The summed E-state index contributed by atoms with van der Waals surface area (Å²) in [4.78, 5) is 4.58. The van der Waals surface area contributed by atoms with E-state index >= 15 is 0 Å². The van der Waals surface area contributed by atoms with Gasteiger partial charge in [0.1, 0.15) is 0 Å². The lowest BCUT2D eigenvalue weighted by atomic mass is 10.1. The second kappa shape index (κ2) is 6.76. The van der Waals surface area contributed by atoms with Crippen molar-refractivity contribution < 1.29 is 5.11 Å². The van der Waals surface area contributed by atoms with Gasteiger partial charge in [0.2, 0.25) is 0 Å². The zero-order valence-corrected chi connectivity index (χ0v) is 11.5. The molecule has 0 aliphatic rings. The van der Waals surface area contributed by atoms with E-state index in [0.717, 1.165) is 35.2 Å². The van der Waals surface area contributed by atoms with Crippen molar-refractivity contribution in [2.45, 2.75) is 25.4 Å². The van der Waals surface area contributed by atoms with E-state index in [1.165, 1.54) is 0 Å². The first-order chi connectivity index (χ1) is 8.79. The summed E-state index contributed by atoms with van der Waals surface area (Å²) in [7, 11) is 0.